The highest BCUT2D eigenvalue weighted by atomic mass is 28.4. The van der Waals surface area contributed by atoms with Gasteiger partial charge in [0.15, 0.2) is 14.1 Å². The third-order valence-electron chi connectivity index (χ3n) is 4.31. The van der Waals surface area contributed by atoms with Crippen molar-refractivity contribution in [1.29, 1.82) is 0 Å². The van der Waals surface area contributed by atoms with E-state index < -0.39 is 14.4 Å². The minimum absolute atomic E-state index is 0.141. The molecule has 2 aromatic heterocycles. The second-order valence-corrected chi connectivity index (χ2v) is 12.0. The van der Waals surface area contributed by atoms with Gasteiger partial charge in [0.1, 0.15) is 6.33 Å². The maximum absolute atomic E-state index is 10.2. The average Bonchev–Trinajstić information content (AvgIpc) is 2.99. The van der Waals surface area contributed by atoms with Crippen molar-refractivity contribution in [1.82, 2.24) is 25.2 Å². The van der Waals surface area contributed by atoms with Gasteiger partial charge < -0.3 is 9.53 Å². The van der Waals surface area contributed by atoms with Crippen LogP contribution >= 0.6 is 0 Å². The molecule has 0 spiro atoms. The monoisotopic (exact) mass is 335 g/mol. The predicted molar refractivity (Wildman–Crippen MR) is 89.8 cm³/mol. The normalized spacial score (nSPS) is 14.0. The number of hydrogen-bond acceptors (Lipinski definition) is 6. The van der Waals surface area contributed by atoms with E-state index in [1.165, 1.54) is 11.0 Å². The van der Waals surface area contributed by atoms with Crippen LogP contribution in [0.1, 0.15) is 26.3 Å². The summed E-state index contributed by atoms with van der Waals surface area (Å²) >= 11 is 0. The molecule has 0 fully saturated rings. The molecule has 0 aliphatic carbocycles. The summed E-state index contributed by atoms with van der Waals surface area (Å²) in [5.41, 5.74) is 0.952. The lowest BCUT2D eigenvalue weighted by Gasteiger charge is -2.36. The number of aliphatic hydroxyl groups excluding tert-OH is 1. The number of rotatable bonds is 6. The first-order chi connectivity index (χ1) is 10.7. The smallest absolute Gasteiger partial charge is 0.192 e. The average molecular weight is 335 g/mol. The molecule has 1 atom stereocenters. The van der Waals surface area contributed by atoms with E-state index in [2.05, 4.69) is 54.4 Å². The molecule has 2 heterocycles. The van der Waals surface area contributed by atoms with Gasteiger partial charge in [0.25, 0.3) is 0 Å². The minimum atomic E-state index is -1.83. The fourth-order valence-electron chi connectivity index (χ4n) is 1.79. The van der Waals surface area contributed by atoms with Crippen molar-refractivity contribution in [2.75, 3.05) is 6.61 Å². The fraction of sp³-hybridized carbons (Fsp3) is 0.600. The second kappa shape index (κ2) is 6.86. The molecule has 126 valence electrons. The third-order valence-corrected chi connectivity index (χ3v) is 8.81. The largest absolute Gasteiger partial charge is 0.414 e. The summed E-state index contributed by atoms with van der Waals surface area (Å²) < 4.78 is 7.54. The molecule has 0 radical (unpaired) electrons. The molecule has 0 aliphatic rings. The highest BCUT2D eigenvalue weighted by Gasteiger charge is 2.37. The van der Waals surface area contributed by atoms with Crippen molar-refractivity contribution in [2.24, 2.45) is 0 Å². The minimum Gasteiger partial charge on any atom is -0.414 e. The summed E-state index contributed by atoms with van der Waals surface area (Å²) in [4.78, 5) is 4.30. The molecule has 0 saturated heterocycles. The lowest BCUT2D eigenvalue weighted by Crippen LogP contribution is -2.42. The van der Waals surface area contributed by atoms with Crippen LogP contribution in [0.15, 0.2) is 24.7 Å². The van der Waals surface area contributed by atoms with E-state index in [0.29, 0.717) is 18.8 Å². The standard InChI is InChI=1S/C15H25N5O2Si/c1-15(2,3)23(4,5)22-10-13(21)8-12-6-7-14(16-9-12)20-11-17-18-19-20/h6-7,9,11,13,21H,8,10H2,1-5H3. The Morgan fingerprint density at radius 2 is 2.04 bits per heavy atom. The molecular weight excluding hydrogens is 310 g/mol. The van der Waals surface area contributed by atoms with Crippen molar-refractivity contribution >= 4 is 8.32 Å². The van der Waals surface area contributed by atoms with Gasteiger partial charge in [-0.15, -0.1) is 5.10 Å². The molecule has 1 unspecified atom stereocenters. The predicted octanol–water partition coefficient (Wildman–Crippen LogP) is 1.98. The van der Waals surface area contributed by atoms with Crippen LogP contribution in [0.2, 0.25) is 18.1 Å². The highest BCUT2D eigenvalue weighted by molar-refractivity contribution is 6.74. The summed E-state index contributed by atoms with van der Waals surface area (Å²) in [6, 6.07) is 3.74. The van der Waals surface area contributed by atoms with Crippen LogP contribution in [-0.2, 0) is 10.8 Å². The summed E-state index contributed by atoms with van der Waals surface area (Å²) in [5, 5.41) is 21.3. The Morgan fingerprint density at radius 3 is 2.57 bits per heavy atom. The van der Waals surface area contributed by atoms with Crippen molar-refractivity contribution in [3.05, 3.63) is 30.2 Å². The zero-order chi connectivity index (χ0) is 17.1. The Labute approximate surface area is 137 Å². The molecule has 8 heteroatoms. The van der Waals surface area contributed by atoms with Crippen molar-refractivity contribution in [3.8, 4) is 5.82 Å². The number of hydrogen-bond donors (Lipinski definition) is 1. The maximum atomic E-state index is 10.2. The van der Waals surface area contributed by atoms with E-state index in [-0.39, 0.29) is 5.04 Å². The topological polar surface area (TPSA) is 86.0 Å². The zero-order valence-electron chi connectivity index (χ0n) is 14.4. The van der Waals surface area contributed by atoms with Gasteiger partial charge in [0, 0.05) is 12.6 Å². The Bertz CT molecular complexity index is 608. The molecule has 7 nitrogen and oxygen atoms in total. The van der Waals surface area contributed by atoms with Gasteiger partial charge in [-0.2, -0.15) is 4.68 Å². The molecule has 2 aromatic rings. The summed E-state index contributed by atoms with van der Waals surface area (Å²) in [7, 11) is -1.83. The van der Waals surface area contributed by atoms with E-state index >= 15 is 0 Å². The highest BCUT2D eigenvalue weighted by Crippen LogP contribution is 2.36. The maximum Gasteiger partial charge on any atom is 0.192 e. The molecule has 0 saturated carbocycles. The van der Waals surface area contributed by atoms with Gasteiger partial charge in [-0.05, 0) is 40.2 Å². The quantitative estimate of drug-likeness (QED) is 0.813. The Kier molecular flexibility index (Phi) is 5.28. The van der Waals surface area contributed by atoms with E-state index in [9.17, 15) is 5.11 Å². The van der Waals surface area contributed by atoms with Crippen LogP contribution < -0.4 is 0 Å². The first-order valence-electron chi connectivity index (χ1n) is 7.69. The van der Waals surface area contributed by atoms with Crippen LogP contribution in [0.25, 0.3) is 5.82 Å². The van der Waals surface area contributed by atoms with Crippen molar-refractivity contribution < 1.29 is 9.53 Å². The molecule has 0 aromatic carbocycles. The summed E-state index contributed by atoms with van der Waals surface area (Å²) in [6.45, 7) is 11.3. The van der Waals surface area contributed by atoms with Crippen molar-refractivity contribution in [3.63, 3.8) is 0 Å². The van der Waals surface area contributed by atoms with Crippen molar-refractivity contribution in [2.45, 2.75) is 51.4 Å². The van der Waals surface area contributed by atoms with Gasteiger partial charge in [0.2, 0.25) is 0 Å². The van der Waals surface area contributed by atoms with Crippen LogP contribution in [0, 0.1) is 0 Å². The molecule has 2 rings (SSSR count). The third kappa shape index (κ3) is 4.66. The van der Waals surface area contributed by atoms with Crippen LogP contribution in [0.5, 0.6) is 0 Å². The number of nitrogens with zero attached hydrogens (tertiary/aromatic N) is 5. The second-order valence-electron chi connectivity index (χ2n) is 7.21. The molecule has 23 heavy (non-hydrogen) atoms. The van der Waals surface area contributed by atoms with Gasteiger partial charge in [0.05, 0.1) is 12.7 Å². The lowest BCUT2D eigenvalue weighted by atomic mass is 10.1. The SMILES string of the molecule is CC(C)(C)[Si](C)(C)OCC(O)Cc1ccc(-n2cnnn2)nc1. The molecule has 0 bridgehead atoms. The Balaban J connectivity index is 1.89. The summed E-state index contributed by atoms with van der Waals surface area (Å²) in [5.74, 6) is 0.644. The van der Waals surface area contributed by atoms with Crippen LogP contribution in [0.4, 0.5) is 0 Å². The van der Waals surface area contributed by atoms with Crippen LogP contribution in [0.3, 0.4) is 0 Å². The van der Waals surface area contributed by atoms with E-state index in [1.54, 1.807) is 6.20 Å². The molecule has 0 amide bonds. The Morgan fingerprint density at radius 1 is 1.30 bits per heavy atom. The van der Waals surface area contributed by atoms with Gasteiger partial charge in [-0.3, -0.25) is 0 Å². The zero-order valence-corrected chi connectivity index (χ0v) is 15.4. The van der Waals surface area contributed by atoms with Gasteiger partial charge in [-0.25, -0.2) is 4.98 Å². The molecule has 1 N–H and O–H groups in total. The number of aromatic nitrogens is 5. The first kappa shape index (κ1) is 17.7. The fourth-order valence-corrected chi connectivity index (χ4v) is 2.83. The van der Waals surface area contributed by atoms with E-state index in [0.717, 1.165) is 5.56 Å². The number of pyridine rings is 1. The molecular formula is C15H25N5O2Si. The first-order valence-corrected chi connectivity index (χ1v) is 10.6. The van der Waals surface area contributed by atoms with Crippen LogP contribution in [-0.4, -0.2) is 51.3 Å². The van der Waals surface area contributed by atoms with E-state index in [4.69, 9.17) is 4.43 Å². The Hall–Kier alpha value is -1.64. The number of tetrazole rings is 1. The van der Waals surface area contributed by atoms with Gasteiger partial charge >= 0.3 is 0 Å². The van der Waals surface area contributed by atoms with Gasteiger partial charge in [-0.1, -0.05) is 26.8 Å². The van der Waals surface area contributed by atoms with E-state index in [1.807, 2.05) is 12.1 Å². The summed E-state index contributed by atoms with van der Waals surface area (Å²) in [6.07, 6.45) is 3.19. The lowest BCUT2D eigenvalue weighted by molar-refractivity contribution is 0.100. The molecule has 0 aliphatic heterocycles. The number of aliphatic hydroxyl groups is 1.